The first kappa shape index (κ1) is 15.6. The monoisotopic (exact) mass is 330 g/mol. The highest BCUT2D eigenvalue weighted by Gasteiger charge is 2.14. The van der Waals surface area contributed by atoms with Crippen LogP contribution < -0.4 is 10.3 Å². The summed E-state index contributed by atoms with van der Waals surface area (Å²) in [4.78, 5) is 14.2. The molecule has 2 aromatic carbocycles. The lowest BCUT2D eigenvalue weighted by Crippen LogP contribution is -2.13. The van der Waals surface area contributed by atoms with Crippen LogP contribution in [0.4, 0.5) is 13.2 Å². The first-order chi connectivity index (χ1) is 11.5. The molecule has 120 valence electrons. The van der Waals surface area contributed by atoms with Crippen molar-refractivity contribution >= 4 is 10.8 Å². The Morgan fingerprint density at radius 2 is 1.92 bits per heavy atom. The van der Waals surface area contributed by atoms with Gasteiger partial charge in [0.25, 0.3) is 5.56 Å². The zero-order chi connectivity index (χ0) is 17.3. The van der Waals surface area contributed by atoms with Gasteiger partial charge in [-0.1, -0.05) is 12.1 Å². The standard InChI is InChI=1S/C17H9F3N2O2/c18-10-4-5-11-12(6-10)17(22-16(23)13(11)7-21)24-8-9-2-1-3-14(19)15(9)20/h1-6H,8H2,(H,22,23). The number of fused-ring (bicyclic) bond motifs is 1. The van der Waals surface area contributed by atoms with Crippen molar-refractivity contribution in [2.45, 2.75) is 6.61 Å². The lowest BCUT2D eigenvalue weighted by Gasteiger charge is -2.10. The Bertz CT molecular complexity index is 1040. The summed E-state index contributed by atoms with van der Waals surface area (Å²) in [7, 11) is 0. The van der Waals surface area contributed by atoms with Crippen LogP contribution in [0.25, 0.3) is 10.8 Å². The molecule has 1 heterocycles. The third-order valence-corrected chi connectivity index (χ3v) is 3.47. The maximum Gasteiger partial charge on any atom is 0.269 e. The maximum atomic E-state index is 13.7. The largest absolute Gasteiger partial charge is 0.473 e. The topological polar surface area (TPSA) is 65.9 Å². The molecular formula is C17H9F3N2O2. The van der Waals surface area contributed by atoms with E-state index in [0.717, 1.165) is 18.2 Å². The average molecular weight is 330 g/mol. The van der Waals surface area contributed by atoms with Crippen molar-refractivity contribution < 1.29 is 17.9 Å². The third kappa shape index (κ3) is 2.70. The highest BCUT2D eigenvalue weighted by Crippen LogP contribution is 2.26. The van der Waals surface area contributed by atoms with Gasteiger partial charge in [-0.3, -0.25) is 9.78 Å². The fraction of sp³-hybridized carbons (Fsp3) is 0.0588. The summed E-state index contributed by atoms with van der Waals surface area (Å²) in [6, 6.07) is 8.83. The van der Waals surface area contributed by atoms with Crippen molar-refractivity contribution in [1.82, 2.24) is 4.98 Å². The Morgan fingerprint density at radius 1 is 1.12 bits per heavy atom. The number of halogens is 3. The number of hydrogen-bond donors (Lipinski definition) is 1. The molecule has 24 heavy (non-hydrogen) atoms. The first-order valence-electron chi connectivity index (χ1n) is 6.82. The van der Waals surface area contributed by atoms with E-state index in [1.807, 2.05) is 0 Å². The van der Waals surface area contributed by atoms with E-state index >= 15 is 0 Å². The minimum absolute atomic E-state index is 0.0650. The molecule has 3 rings (SSSR count). The number of nitrogens with one attached hydrogen (secondary N) is 1. The van der Waals surface area contributed by atoms with Crippen LogP contribution in [-0.4, -0.2) is 4.98 Å². The van der Waals surface area contributed by atoms with E-state index in [4.69, 9.17) is 10.00 Å². The number of H-pyrrole nitrogens is 1. The molecule has 0 aliphatic carbocycles. The summed E-state index contributed by atoms with van der Waals surface area (Å²) in [5.74, 6) is -2.82. The molecule has 0 amide bonds. The van der Waals surface area contributed by atoms with E-state index in [9.17, 15) is 18.0 Å². The first-order valence-corrected chi connectivity index (χ1v) is 6.82. The van der Waals surface area contributed by atoms with Gasteiger partial charge in [-0.2, -0.15) is 5.26 Å². The molecule has 0 aliphatic rings. The van der Waals surface area contributed by atoms with Crippen LogP contribution in [0.15, 0.2) is 41.2 Å². The van der Waals surface area contributed by atoms with Gasteiger partial charge in [-0.05, 0) is 24.3 Å². The van der Waals surface area contributed by atoms with Crippen molar-refractivity contribution in [1.29, 1.82) is 5.26 Å². The van der Waals surface area contributed by atoms with E-state index < -0.39 is 23.0 Å². The molecule has 0 saturated heterocycles. The van der Waals surface area contributed by atoms with Gasteiger partial charge in [-0.25, -0.2) is 13.2 Å². The predicted molar refractivity (Wildman–Crippen MR) is 79.9 cm³/mol. The van der Waals surface area contributed by atoms with Crippen LogP contribution >= 0.6 is 0 Å². The smallest absolute Gasteiger partial charge is 0.269 e. The summed E-state index contributed by atoms with van der Waals surface area (Å²) in [6.45, 7) is -0.378. The van der Waals surface area contributed by atoms with Crippen LogP contribution in [0.3, 0.4) is 0 Å². The molecular weight excluding hydrogens is 321 g/mol. The van der Waals surface area contributed by atoms with Crippen molar-refractivity contribution in [3.8, 4) is 11.9 Å². The van der Waals surface area contributed by atoms with E-state index in [-0.39, 0.29) is 34.4 Å². The highest BCUT2D eigenvalue weighted by molar-refractivity contribution is 5.91. The van der Waals surface area contributed by atoms with Crippen LogP contribution in [0.1, 0.15) is 11.1 Å². The van der Waals surface area contributed by atoms with Gasteiger partial charge in [0.1, 0.15) is 24.1 Å². The Morgan fingerprint density at radius 3 is 2.67 bits per heavy atom. The van der Waals surface area contributed by atoms with Crippen LogP contribution in [-0.2, 0) is 6.61 Å². The average Bonchev–Trinajstić information content (AvgIpc) is 2.56. The van der Waals surface area contributed by atoms with E-state index in [1.54, 1.807) is 6.07 Å². The van der Waals surface area contributed by atoms with Crippen molar-refractivity contribution in [2.75, 3.05) is 0 Å². The number of pyridine rings is 1. The summed E-state index contributed by atoms with van der Waals surface area (Å²) in [6.07, 6.45) is 0. The number of hydrogen-bond acceptors (Lipinski definition) is 3. The minimum atomic E-state index is -1.07. The molecule has 0 fully saturated rings. The van der Waals surface area contributed by atoms with Crippen LogP contribution in [0, 0.1) is 28.8 Å². The molecule has 0 spiro atoms. The Hall–Kier alpha value is -3.27. The van der Waals surface area contributed by atoms with E-state index in [1.165, 1.54) is 18.2 Å². The van der Waals surface area contributed by atoms with Crippen molar-refractivity contribution in [3.63, 3.8) is 0 Å². The number of nitriles is 1. The molecule has 0 unspecified atom stereocenters. The van der Waals surface area contributed by atoms with Crippen LogP contribution in [0.5, 0.6) is 5.88 Å². The summed E-state index contributed by atoms with van der Waals surface area (Å²) < 4.78 is 45.7. The number of aromatic amines is 1. The maximum absolute atomic E-state index is 13.7. The molecule has 1 aromatic heterocycles. The predicted octanol–water partition coefficient (Wildman–Crippen LogP) is 3.40. The molecule has 0 saturated carbocycles. The Kier molecular flexibility index (Phi) is 3.96. The number of nitrogens with zero attached hydrogens (tertiary/aromatic N) is 1. The number of rotatable bonds is 3. The zero-order valence-electron chi connectivity index (χ0n) is 12.1. The van der Waals surface area contributed by atoms with Crippen molar-refractivity contribution in [2.24, 2.45) is 0 Å². The lowest BCUT2D eigenvalue weighted by molar-refractivity contribution is 0.289. The van der Waals surface area contributed by atoms with Gasteiger partial charge in [0.05, 0.1) is 0 Å². The van der Waals surface area contributed by atoms with Gasteiger partial charge in [-0.15, -0.1) is 0 Å². The van der Waals surface area contributed by atoms with Gasteiger partial charge in [0.15, 0.2) is 11.6 Å². The SMILES string of the molecule is N#Cc1c(=O)[nH]c(OCc2cccc(F)c2F)c2cc(F)ccc12. The van der Waals surface area contributed by atoms with Gasteiger partial charge < -0.3 is 4.74 Å². The van der Waals surface area contributed by atoms with Gasteiger partial charge >= 0.3 is 0 Å². The molecule has 1 N–H and O–H groups in total. The second-order valence-electron chi connectivity index (χ2n) is 4.96. The van der Waals surface area contributed by atoms with Crippen LogP contribution in [0.2, 0.25) is 0 Å². The molecule has 0 atom stereocenters. The fourth-order valence-corrected chi connectivity index (χ4v) is 2.31. The summed E-state index contributed by atoms with van der Waals surface area (Å²) >= 11 is 0. The lowest BCUT2D eigenvalue weighted by atomic mass is 10.1. The highest BCUT2D eigenvalue weighted by atomic mass is 19.2. The van der Waals surface area contributed by atoms with E-state index in [2.05, 4.69) is 4.98 Å². The zero-order valence-corrected chi connectivity index (χ0v) is 12.1. The van der Waals surface area contributed by atoms with Gasteiger partial charge in [0.2, 0.25) is 5.88 Å². The molecule has 0 radical (unpaired) electrons. The second kappa shape index (κ2) is 6.08. The molecule has 0 bridgehead atoms. The quantitative estimate of drug-likeness (QED) is 0.800. The van der Waals surface area contributed by atoms with E-state index in [0.29, 0.717) is 0 Å². The van der Waals surface area contributed by atoms with Gasteiger partial charge in [0, 0.05) is 16.3 Å². The third-order valence-electron chi connectivity index (χ3n) is 3.47. The van der Waals surface area contributed by atoms with Crippen molar-refractivity contribution in [3.05, 3.63) is 75.3 Å². The number of aromatic nitrogens is 1. The summed E-state index contributed by atoms with van der Waals surface area (Å²) in [5, 5.41) is 9.42. The molecule has 4 nitrogen and oxygen atoms in total. The Balaban J connectivity index is 2.07. The number of ether oxygens (including phenoxy) is 1. The summed E-state index contributed by atoms with van der Waals surface area (Å²) in [5.41, 5.74) is -0.967. The number of benzene rings is 2. The molecule has 0 aliphatic heterocycles. The fourth-order valence-electron chi connectivity index (χ4n) is 2.31. The minimum Gasteiger partial charge on any atom is -0.473 e. The second-order valence-corrected chi connectivity index (χ2v) is 4.96. The normalized spacial score (nSPS) is 10.6. The Labute approximate surface area is 133 Å². The molecule has 3 aromatic rings. The molecule has 7 heteroatoms.